The Morgan fingerprint density at radius 1 is 1.02 bits per heavy atom. The van der Waals surface area contributed by atoms with Gasteiger partial charge in [0.05, 0.1) is 30.2 Å². The zero-order chi connectivity index (χ0) is 32.5. The van der Waals surface area contributed by atoms with E-state index < -0.39 is 0 Å². The molecule has 2 aromatic carbocycles. The number of aromatic nitrogens is 5. The highest BCUT2D eigenvalue weighted by Gasteiger charge is 2.46. The van der Waals surface area contributed by atoms with E-state index >= 15 is 0 Å². The molecule has 3 fully saturated rings. The van der Waals surface area contributed by atoms with E-state index in [0.29, 0.717) is 41.0 Å². The van der Waals surface area contributed by atoms with Gasteiger partial charge in [0, 0.05) is 42.7 Å². The van der Waals surface area contributed by atoms with Crippen molar-refractivity contribution in [3.05, 3.63) is 78.5 Å². The summed E-state index contributed by atoms with van der Waals surface area (Å²) in [5.74, 6) is 4.63. The monoisotopic (exact) mass is 642 g/mol. The van der Waals surface area contributed by atoms with E-state index in [4.69, 9.17) is 23.9 Å². The lowest BCUT2D eigenvalue weighted by atomic mass is 10.0. The van der Waals surface area contributed by atoms with Gasteiger partial charge in [-0.2, -0.15) is 0 Å². The number of oxazole rings is 1. The van der Waals surface area contributed by atoms with Gasteiger partial charge in [-0.05, 0) is 98.0 Å². The molecule has 10 heteroatoms. The van der Waals surface area contributed by atoms with Crippen LogP contribution in [0.1, 0.15) is 48.9 Å². The Balaban J connectivity index is 1.07. The molecule has 3 aliphatic rings. The second kappa shape index (κ2) is 11.2. The number of piperidine rings is 1. The summed E-state index contributed by atoms with van der Waals surface area (Å²) >= 11 is 0. The highest BCUT2D eigenvalue weighted by atomic mass is 16.5. The molecule has 0 radical (unpaired) electrons. The molecule has 4 aromatic heterocycles. The first-order valence-corrected chi connectivity index (χ1v) is 16.9. The van der Waals surface area contributed by atoms with Gasteiger partial charge < -0.3 is 27.9 Å². The minimum Gasteiger partial charge on any atom is -0.494 e. The van der Waals surface area contributed by atoms with Crippen LogP contribution in [0.2, 0.25) is 0 Å². The third-order valence-corrected chi connectivity index (χ3v) is 10.8. The number of imidazole rings is 1. The lowest BCUT2D eigenvalue weighted by Gasteiger charge is -2.27. The number of pyridine rings is 1. The summed E-state index contributed by atoms with van der Waals surface area (Å²) in [6.45, 7) is 4.29. The Hall–Kier alpha value is -5.12. The number of methoxy groups -OCH3 is 1. The molecule has 48 heavy (non-hydrogen) atoms. The van der Waals surface area contributed by atoms with Gasteiger partial charge in [-0.3, -0.25) is 4.79 Å². The number of nitrogens with zero attached hydrogens (tertiary/aromatic N) is 6. The SMILES string of the molecule is COc1cc(C(=O)N2CC3CCC2[C@@H]3C)cc2nc(-c3cc4ccc(-c5ccc(OCc6ncco6)cc5)nc4n3CC3CC3)n(C)c12. The number of hydrogen-bond donors (Lipinski definition) is 0. The molecule has 1 aliphatic heterocycles. The van der Waals surface area contributed by atoms with Crippen molar-refractivity contribution in [3.8, 4) is 34.3 Å². The molecular formula is C38H38N6O4. The number of fused-ring (bicyclic) bond motifs is 4. The maximum atomic E-state index is 13.8. The Bertz CT molecular complexity index is 2160. The normalized spacial score (nSPS) is 20.3. The number of benzene rings is 2. The molecule has 1 saturated heterocycles. The van der Waals surface area contributed by atoms with Crippen LogP contribution in [0.25, 0.3) is 44.8 Å². The number of aryl methyl sites for hydroxylation is 1. The highest BCUT2D eigenvalue weighted by molar-refractivity contribution is 6.00. The Labute approximate surface area is 278 Å². The molecule has 5 heterocycles. The molecule has 2 saturated carbocycles. The first kappa shape index (κ1) is 29.1. The van der Waals surface area contributed by atoms with Crippen LogP contribution < -0.4 is 9.47 Å². The average molecular weight is 643 g/mol. The first-order chi connectivity index (χ1) is 23.4. The Kier molecular flexibility index (Phi) is 6.81. The number of carbonyl (C=O) groups excluding carboxylic acids is 1. The minimum absolute atomic E-state index is 0.0788. The van der Waals surface area contributed by atoms with E-state index in [1.165, 1.54) is 25.5 Å². The molecule has 0 N–H and O–H groups in total. The van der Waals surface area contributed by atoms with Gasteiger partial charge in [0.15, 0.2) is 12.4 Å². The third kappa shape index (κ3) is 4.84. The number of amides is 1. The smallest absolute Gasteiger partial charge is 0.254 e. The summed E-state index contributed by atoms with van der Waals surface area (Å²) in [6, 6.07) is 18.5. The summed E-state index contributed by atoms with van der Waals surface area (Å²) in [6.07, 6.45) is 7.89. The fourth-order valence-electron chi connectivity index (χ4n) is 7.94. The van der Waals surface area contributed by atoms with Crippen LogP contribution in [0.15, 0.2) is 71.5 Å². The van der Waals surface area contributed by atoms with Gasteiger partial charge in [0.25, 0.3) is 5.91 Å². The molecule has 2 bridgehead atoms. The molecule has 0 spiro atoms. The molecule has 2 aliphatic carbocycles. The van der Waals surface area contributed by atoms with Crippen LogP contribution in [0.3, 0.4) is 0 Å². The Morgan fingerprint density at radius 2 is 1.88 bits per heavy atom. The minimum atomic E-state index is 0.0788. The number of rotatable bonds is 9. The second-order valence-corrected chi connectivity index (χ2v) is 13.7. The standard InChI is InChI=1S/C38H38N6O4/c1-22-26-9-13-31(22)44(20-26)38(45)27-16-30-35(33(18-27)46-3)42(2)37(41-30)32-17-25-8-12-29(40-36(25)43(32)19-23-4-5-23)24-6-10-28(11-7-24)48-21-34-39-14-15-47-34/h6-8,10-12,14-18,22-23,26,31H,4-5,9,13,19-21H2,1-3H3/t22-,26?,31?/m1/s1. The van der Waals surface area contributed by atoms with Gasteiger partial charge in [0.2, 0.25) is 5.89 Å². The van der Waals surface area contributed by atoms with Crippen molar-refractivity contribution in [1.82, 2.24) is 29.0 Å². The van der Waals surface area contributed by atoms with Crippen LogP contribution in [0.5, 0.6) is 11.5 Å². The predicted molar refractivity (Wildman–Crippen MR) is 182 cm³/mol. The summed E-state index contributed by atoms with van der Waals surface area (Å²) in [5, 5.41) is 1.06. The summed E-state index contributed by atoms with van der Waals surface area (Å²) in [4.78, 5) is 30.4. The van der Waals surface area contributed by atoms with Gasteiger partial charge in [-0.25, -0.2) is 15.0 Å². The fraction of sp³-hybridized carbons (Fsp3) is 0.368. The maximum absolute atomic E-state index is 13.8. The van der Waals surface area contributed by atoms with Crippen molar-refractivity contribution in [2.45, 2.75) is 51.8 Å². The van der Waals surface area contributed by atoms with Crippen molar-refractivity contribution < 1.29 is 18.7 Å². The molecular weight excluding hydrogens is 604 g/mol. The number of hydrogen-bond acceptors (Lipinski definition) is 7. The quantitative estimate of drug-likeness (QED) is 0.166. The second-order valence-electron chi connectivity index (χ2n) is 13.7. The van der Waals surface area contributed by atoms with E-state index in [-0.39, 0.29) is 12.5 Å². The van der Waals surface area contributed by atoms with Crippen LogP contribution in [-0.4, -0.2) is 54.6 Å². The van der Waals surface area contributed by atoms with Gasteiger partial charge >= 0.3 is 0 Å². The number of ether oxygens (including phenoxy) is 2. The lowest BCUT2D eigenvalue weighted by Crippen LogP contribution is -2.38. The van der Waals surface area contributed by atoms with Crippen LogP contribution in [0.4, 0.5) is 0 Å². The van der Waals surface area contributed by atoms with E-state index in [1.54, 1.807) is 13.3 Å². The molecule has 1 amide bonds. The molecule has 6 aromatic rings. The number of carbonyl (C=O) groups is 1. The average Bonchev–Trinajstić information content (AvgIpc) is 3.45. The van der Waals surface area contributed by atoms with Crippen molar-refractivity contribution in [3.63, 3.8) is 0 Å². The number of likely N-dealkylation sites (tertiary alicyclic amines) is 1. The van der Waals surface area contributed by atoms with Crippen molar-refractivity contribution in [1.29, 1.82) is 0 Å². The topological polar surface area (TPSA) is 100 Å². The van der Waals surface area contributed by atoms with Gasteiger partial charge in [-0.1, -0.05) is 6.92 Å². The molecule has 10 nitrogen and oxygen atoms in total. The third-order valence-electron chi connectivity index (χ3n) is 10.8. The van der Waals surface area contributed by atoms with Gasteiger partial charge in [-0.15, -0.1) is 0 Å². The Morgan fingerprint density at radius 3 is 2.58 bits per heavy atom. The van der Waals surface area contributed by atoms with E-state index in [0.717, 1.165) is 70.1 Å². The molecule has 2 unspecified atom stereocenters. The van der Waals surface area contributed by atoms with Crippen LogP contribution in [0, 0.1) is 17.8 Å². The largest absolute Gasteiger partial charge is 0.494 e. The fourth-order valence-corrected chi connectivity index (χ4v) is 7.94. The van der Waals surface area contributed by atoms with Crippen molar-refractivity contribution in [2.24, 2.45) is 24.8 Å². The molecule has 9 rings (SSSR count). The van der Waals surface area contributed by atoms with E-state index in [2.05, 4.69) is 44.1 Å². The summed E-state index contributed by atoms with van der Waals surface area (Å²) < 4.78 is 21.4. The van der Waals surface area contributed by atoms with Gasteiger partial charge in [0.1, 0.15) is 28.9 Å². The van der Waals surface area contributed by atoms with Crippen LogP contribution in [-0.2, 0) is 20.2 Å². The lowest BCUT2D eigenvalue weighted by molar-refractivity contribution is 0.0696. The maximum Gasteiger partial charge on any atom is 0.254 e. The van der Waals surface area contributed by atoms with Crippen molar-refractivity contribution in [2.75, 3.05) is 13.7 Å². The first-order valence-electron chi connectivity index (χ1n) is 16.9. The van der Waals surface area contributed by atoms with Crippen molar-refractivity contribution >= 4 is 28.0 Å². The van der Waals surface area contributed by atoms with Crippen LogP contribution >= 0.6 is 0 Å². The predicted octanol–water partition coefficient (Wildman–Crippen LogP) is 7.11. The van der Waals surface area contributed by atoms with E-state index in [1.807, 2.05) is 43.4 Å². The summed E-state index contributed by atoms with van der Waals surface area (Å²) in [7, 11) is 3.69. The highest BCUT2D eigenvalue weighted by Crippen LogP contribution is 2.44. The summed E-state index contributed by atoms with van der Waals surface area (Å²) in [5.41, 5.74) is 6.12. The molecule has 244 valence electrons. The molecule has 3 atom stereocenters. The zero-order valence-electron chi connectivity index (χ0n) is 27.4. The zero-order valence-corrected chi connectivity index (χ0v) is 27.4. The van der Waals surface area contributed by atoms with E-state index in [9.17, 15) is 4.79 Å².